The molecule has 0 radical (unpaired) electrons. The number of aromatic nitrogens is 1. The van der Waals surface area contributed by atoms with Gasteiger partial charge in [0.05, 0.1) is 6.61 Å². The summed E-state index contributed by atoms with van der Waals surface area (Å²) < 4.78 is 11.0. The lowest BCUT2D eigenvalue weighted by Crippen LogP contribution is -1.94. The van der Waals surface area contributed by atoms with Crippen molar-refractivity contribution >= 4 is 22.9 Å². The number of halogens is 1. The lowest BCUT2D eigenvalue weighted by atomic mass is 10.3. The van der Waals surface area contributed by atoms with Crippen LogP contribution in [0, 0.1) is 0 Å². The molecule has 0 spiro atoms. The van der Waals surface area contributed by atoms with E-state index in [-0.39, 0.29) is 0 Å². The molecule has 5 heteroatoms. The molecule has 2 aromatic rings. The van der Waals surface area contributed by atoms with Crippen LogP contribution in [-0.4, -0.2) is 11.6 Å². The van der Waals surface area contributed by atoms with Gasteiger partial charge in [-0.2, -0.15) is 4.98 Å². The SMILES string of the molecule is CCOc1ccccc1Oc1nc(Cl)cs1. The van der Waals surface area contributed by atoms with Crippen molar-refractivity contribution < 1.29 is 9.47 Å². The minimum atomic E-state index is 0.439. The van der Waals surface area contributed by atoms with Gasteiger partial charge in [0.15, 0.2) is 11.5 Å². The van der Waals surface area contributed by atoms with E-state index in [0.29, 0.717) is 28.5 Å². The molecule has 0 amide bonds. The predicted molar refractivity (Wildman–Crippen MR) is 64.8 cm³/mol. The van der Waals surface area contributed by atoms with Gasteiger partial charge in [0.25, 0.3) is 5.19 Å². The Morgan fingerprint density at radius 2 is 2.06 bits per heavy atom. The second-order valence-electron chi connectivity index (χ2n) is 2.92. The highest BCUT2D eigenvalue weighted by Crippen LogP contribution is 2.33. The van der Waals surface area contributed by atoms with Crippen molar-refractivity contribution in [1.82, 2.24) is 4.98 Å². The Balaban J connectivity index is 2.20. The molecular weight excluding hydrogens is 246 g/mol. The number of hydrogen-bond acceptors (Lipinski definition) is 4. The Morgan fingerprint density at radius 3 is 2.69 bits per heavy atom. The van der Waals surface area contributed by atoms with Crippen molar-refractivity contribution in [3.8, 4) is 16.7 Å². The lowest BCUT2D eigenvalue weighted by molar-refractivity contribution is 0.321. The van der Waals surface area contributed by atoms with E-state index in [2.05, 4.69) is 4.98 Å². The van der Waals surface area contributed by atoms with E-state index < -0.39 is 0 Å². The summed E-state index contributed by atoms with van der Waals surface area (Å²) >= 11 is 7.07. The van der Waals surface area contributed by atoms with Crippen LogP contribution in [-0.2, 0) is 0 Å². The lowest BCUT2D eigenvalue weighted by Gasteiger charge is -2.08. The molecule has 0 aliphatic heterocycles. The normalized spacial score (nSPS) is 10.1. The Hall–Kier alpha value is -1.26. The molecule has 0 saturated carbocycles. The van der Waals surface area contributed by atoms with Gasteiger partial charge < -0.3 is 9.47 Å². The summed E-state index contributed by atoms with van der Waals surface area (Å²) in [6, 6.07) is 7.47. The smallest absolute Gasteiger partial charge is 0.280 e. The van der Waals surface area contributed by atoms with Gasteiger partial charge in [-0.1, -0.05) is 35.1 Å². The maximum atomic E-state index is 5.72. The topological polar surface area (TPSA) is 31.4 Å². The number of nitrogens with zero attached hydrogens (tertiary/aromatic N) is 1. The van der Waals surface area contributed by atoms with E-state index in [1.165, 1.54) is 11.3 Å². The van der Waals surface area contributed by atoms with E-state index in [9.17, 15) is 0 Å². The molecule has 1 aromatic carbocycles. The van der Waals surface area contributed by atoms with E-state index in [1.807, 2.05) is 31.2 Å². The minimum Gasteiger partial charge on any atom is -0.490 e. The van der Waals surface area contributed by atoms with Crippen molar-refractivity contribution in [3.05, 3.63) is 34.8 Å². The fourth-order valence-corrected chi connectivity index (χ4v) is 1.99. The van der Waals surface area contributed by atoms with Gasteiger partial charge in [-0.3, -0.25) is 0 Å². The summed E-state index contributed by atoms with van der Waals surface area (Å²) in [5.74, 6) is 1.35. The van der Waals surface area contributed by atoms with E-state index in [4.69, 9.17) is 21.1 Å². The van der Waals surface area contributed by atoms with E-state index in [1.54, 1.807) is 5.38 Å². The van der Waals surface area contributed by atoms with Crippen LogP contribution in [0.25, 0.3) is 0 Å². The van der Waals surface area contributed by atoms with E-state index in [0.717, 1.165) is 0 Å². The molecule has 2 rings (SSSR count). The quantitative estimate of drug-likeness (QED) is 0.828. The van der Waals surface area contributed by atoms with Gasteiger partial charge in [0.1, 0.15) is 5.15 Å². The summed E-state index contributed by atoms with van der Waals surface area (Å²) in [5, 5.41) is 2.67. The molecule has 0 unspecified atom stereocenters. The van der Waals surface area contributed by atoms with Gasteiger partial charge in [-0.05, 0) is 19.1 Å². The number of ether oxygens (including phenoxy) is 2. The summed E-state index contributed by atoms with van der Waals surface area (Å²) in [7, 11) is 0. The molecule has 1 aromatic heterocycles. The van der Waals surface area contributed by atoms with Gasteiger partial charge in [0, 0.05) is 5.38 Å². The largest absolute Gasteiger partial charge is 0.490 e. The number of thiazole rings is 1. The van der Waals surface area contributed by atoms with Crippen molar-refractivity contribution in [3.63, 3.8) is 0 Å². The summed E-state index contributed by atoms with van der Waals surface area (Å²) in [6.45, 7) is 2.52. The van der Waals surface area contributed by atoms with Crippen molar-refractivity contribution in [1.29, 1.82) is 0 Å². The Bertz CT molecular complexity index is 473. The van der Waals surface area contributed by atoms with Crippen LogP contribution in [0.4, 0.5) is 0 Å². The molecule has 3 nitrogen and oxygen atoms in total. The molecular formula is C11H10ClNO2S. The molecule has 0 N–H and O–H groups in total. The van der Waals surface area contributed by atoms with Crippen LogP contribution in [0.5, 0.6) is 16.7 Å². The highest BCUT2D eigenvalue weighted by Gasteiger charge is 2.07. The van der Waals surface area contributed by atoms with Crippen LogP contribution in [0.2, 0.25) is 5.15 Å². The fraction of sp³-hybridized carbons (Fsp3) is 0.182. The zero-order chi connectivity index (χ0) is 11.4. The highest BCUT2D eigenvalue weighted by atomic mass is 35.5. The first kappa shape index (κ1) is 11.2. The average molecular weight is 256 g/mol. The number of hydrogen-bond donors (Lipinski definition) is 0. The zero-order valence-corrected chi connectivity index (χ0v) is 10.2. The van der Waals surface area contributed by atoms with Gasteiger partial charge in [-0.25, -0.2) is 0 Å². The molecule has 0 aliphatic rings. The molecule has 0 atom stereocenters. The highest BCUT2D eigenvalue weighted by molar-refractivity contribution is 7.11. The Labute approximate surface area is 103 Å². The maximum absolute atomic E-state index is 5.72. The first-order chi connectivity index (χ1) is 7.79. The average Bonchev–Trinajstić information content (AvgIpc) is 2.67. The van der Waals surface area contributed by atoms with E-state index >= 15 is 0 Å². The van der Waals surface area contributed by atoms with Gasteiger partial charge in [-0.15, -0.1) is 0 Å². The molecule has 0 bridgehead atoms. The van der Waals surface area contributed by atoms with Crippen molar-refractivity contribution in [2.45, 2.75) is 6.92 Å². The molecule has 0 saturated heterocycles. The third-order valence-electron chi connectivity index (χ3n) is 1.80. The first-order valence-corrected chi connectivity index (χ1v) is 6.06. The molecule has 0 fully saturated rings. The summed E-state index contributed by atoms with van der Waals surface area (Å²) in [6.07, 6.45) is 0. The van der Waals surface area contributed by atoms with Crippen molar-refractivity contribution in [2.24, 2.45) is 0 Å². The standard InChI is InChI=1S/C11H10ClNO2S/c1-2-14-8-5-3-4-6-9(8)15-11-13-10(12)7-16-11/h3-7H,2H2,1H3. The fourth-order valence-electron chi connectivity index (χ4n) is 1.19. The van der Waals surface area contributed by atoms with Crippen molar-refractivity contribution in [2.75, 3.05) is 6.61 Å². The molecule has 1 heterocycles. The zero-order valence-electron chi connectivity index (χ0n) is 8.64. The maximum Gasteiger partial charge on any atom is 0.280 e. The second-order valence-corrected chi connectivity index (χ2v) is 4.13. The third-order valence-corrected chi connectivity index (χ3v) is 2.84. The molecule has 84 valence electrons. The summed E-state index contributed by atoms with van der Waals surface area (Å²) in [4.78, 5) is 4.01. The number of benzene rings is 1. The monoisotopic (exact) mass is 255 g/mol. The number of para-hydroxylation sites is 2. The van der Waals surface area contributed by atoms with Crippen LogP contribution in [0.15, 0.2) is 29.6 Å². The second kappa shape index (κ2) is 5.18. The first-order valence-electron chi connectivity index (χ1n) is 4.80. The third kappa shape index (κ3) is 2.65. The van der Waals surface area contributed by atoms with Gasteiger partial charge in [0.2, 0.25) is 0 Å². The number of rotatable bonds is 4. The summed E-state index contributed by atoms with van der Waals surface area (Å²) in [5.41, 5.74) is 0. The minimum absolute atomic E-state index is 0.439. The molecule has 16 heavy (non-hydrogen) atoms. The Kier molecular flexibility index (Phi) is 3.64. The predicted octanol–water partition coefficient (Wildman–Crippen LogP) is 3.99. The van der Waals surface area contributed by atoms with Crippen LogP contribution in [0.1, 0.15) is 6.92 Å². The van der Waals surface area contributed by atoms with Gasteiger partial charge >= 0.3 is 0 Å². The van der Waals surface area contributed by atoms with Crippen LogP contribution >= 0.6 is 22.9 Å². The molecule has 0 aliphatic carbocycles. The van der Waals surface area contributed by atoms with Crippen LogP contribution < -0.4 is 9.47 Å². The van der Waals surface area contributed by atoms with Crippen LogP contribution in [0.3, 0.4) is 0 Å². The Morgan fingerprint density at radius 1 is 1.31 bits per heavy atom.